The van der Waals surface area contributed by atoms with Crippen LogP contribution in [-0.2, 0) is 13.1 Å². The predicted molar refractivity (Wildman–Crippen MR) is 111 cm³/mol. The summed E-state index contributed by atoms with van der Waals surface area (Å²) in [7, 11) is 0. The van der Waals surface area contributed by atoms with Gasteiger partial charge in [-0.25, -0.2) is 0 Å². The molecule has 3 aromatic rings. The zero-order chi connectivity index (χ0) is 19.2. The number of rotatable bonds is 6. The van der Waals surface area contributed by atoms with Gasteiger partial charge in [0.25, 0.3) is 5.91 Å². The first-order valence-electron chi connectivity index (χ1n) is 9.97. The molecule has 1 aliphatic heterocycles. The van der Waals surface area contributed by atoms with E-state index in [1.807, 2.05) is 41.2 Å². The van der Waals surface area contributed by atoms with Crippen LogP contribution in [0.4, 0.5) is 5.69 Å². The molecule has 5 heteroatoms. The van der Waals surface area contributed by atoms with Gasteiger partial charge in [-0.15, -0.1) is 0 Å². The minimum absolute atomic E-state index is 0.0529. The van der Waals surface area contributed by atoms with Crippen molar-refractivity contribution in [2.24, 2.45) is 0 Å². The lowest BCUT2D eigenvalue weighted by molar-refractivity contribution is 0.0950. The number of hydrogen-bond acceptors (Lipinski definition) is 3. The lowest BCUT2D eigenvalue weighted by Crippen LogP contribution is -2.29. The highest BCUT2D eigenvalue weighted by Gasteiger charge is 2.12. The van der Waals surface area contributed by atoms with Crippen LogP contribution in [0.1, 0.15) is 40.7 Å². The van der Waals surface area contributed by atoms with E-state index >= 15 is 0 Å². The van der Waals surface area contributed by atoms with Crippen molar-refractivity contribution >= 4 is 11.6 Å². The van der Waals surface area contributed by atoms with E-state index in [0.717, 1.165) is 24.2 Å². The van der Waals surface area contributed by atoms with Crippen molar-refractivity contribution in [1.29, 1.82) is 0 Å². The monoisotopic (exact) mass is 374 g/mol. The molecule has 0 radical (unpaired) electrons. The van der Waals surface area contributed by atoms with Gasteiger partial charge in [-0.3, -0.25) is 9.48 Å². The zero-order valence-corrected chi connectivity index (χ0v) is 16.1. The molecule has 0 bridgehead atoms. The maximum absolute atomic E-state index is 12.7. The summed E-state index contributed by atoms with van der Waals surface area (Å²) in [6.45, 7) is 3.39. The third kappa shape index (κ3) is 4.42. The van der Waals surface area contributed by atoms with E-state index in [2.05, 4.69) is 39.6 Å². The van der Waals surface area contributed by atoms with Gasteiger partial charge in [0.05, 0.1) is 6.54 Å². The van der Waals surface area contributed by atoms with Gasteiger partial charge in [0, 0.05) is 43.3 Å². The molecule has 2 heterocycles. The highest BCUT2D eigenvalue weighted by atomic mass is 16.1. The summed E-state index contributed by atoms with van der Waals surface area (Å²) >= 11 is 0. The molecule has 0 atom stereocenters. The average molecular weight is 374 g/mol. The fourth-order valence-electron chi connectivity index (χ4n) is 3.70. The van der Waals surface area contributed by atoms with E-state index in [1.54, 1.807) is 6.20 Å². The summed E-state index contributed by atoms with van der Waals surface area (Å²) in [4.78, 5) is 15.2. The van der Waals surface area contributed by atoms with Crippen molar-refractivity contribution in [2.75, 3.05) is 18.0 Å². The molecular weight excluding hydrogens is 348 g/mol. The summed E-state index contributed by atoms with van der Waals surface area (Å²) in [5, 5.41) is 7.29. The maximum Gasteiger partial charge on any atom is 0.251 e. The van der Waals surface area contributed by atoms with Crippen molar-refractivity contribution in [2.45, 2.75) is 32.4 Å². The van der Waals surface area contributed by atoms with E-state index in [9.17, 15) is 4.79 Å². The summed E-state index contributed by atoms with van der Waals surface area (Å²) in [6.07, 6.45) is 7.53. The lowest BCUT2D eigenvalue weighted by atomic mass is 10.1. The van der Waals surface area contributed by atoms with Crippen LogP contribution in [0.25, 0.3) is 0 Å². The fourth-order valence-corrected chi connectivity index (χ4v) is 3.70. The average Bonchev–Trinajstić information content (AvgIpc) is 3.26. The Labute approximate surface area is 166 Å². The van der Waals surface area contributed by atoms with Crippen molar-refractivity contribution < 1.29 is 4.79 Å². The number of anilines is 1. The normalized spacial score (nSPS) is 14.1. The molecule has 28 heavy (non-hydrogen) atoms. The Kier molecular flexibility index (Phi) is 5.71. The molecule has 0 saturated carbocycles. The highest BCUT2D eigenvalue weighted by molar-refractivity contribution is 5.95. The smallest absolute Gasteiger partial charge is 0.251 e. The minimum atomic E-state index is -0.0529. The summed E-state index contributed by atoms with van der Waals surface area (Å²) in [6, 6.07) is 18.1. The first-order valence-corrected chi connectivity index (χ1v) is 9.97. The minimum Gasteiger partial charge on any atom is -0.372 e. The largest absolute Gasteiger partial charge is 0.372 e. The second-order valence-corrected chi connectivity index (χ2v) is 7.26. The van der Waals surface area contributed by atoms with Crippen molar-refractivity contribution in [3.8, 4) is 0 Å². The standard InChI is InChI=1S/C23H26N4O/c28-23(22-8-3-2-7-20(22)18-27-16-6-13-25-27)24-17-19-9-11-21(12-10-19)26-14-4-1-5-15-26/h2-3,6-13,16H,1,4-5,14-15,17-18H2,(H,24,28). The van der Waals surface area contributed by atoms with Crippen LogP contribution in [0.2, 0.25) is 0 Å². The fraction of sp³-hybridized carbons (Fsp3) is 0.304. The number of carbonyl (C=O) groups is 1. The number of benzene rings is 2. The maximum atomic E-state index is 12.7. The van der Waals surface area contributed by atoms with Crippen LogP contribution < -0.4 is 10.2 Å². The van der Waals surface area contributed by atoms with E-state index in [0.29, 0.717) is 18.7 Å². The molecule has 1 fully saturated rings. The Morgan fingerprint density at radius 3 is 2.50 bits per heavy atom. The Morgan fingerprint density at radius 2 is 1.75 bits per heavy atom. The van der Waals surface area contributed by atoms with E-state index < -0.39 is 0 Å². The molecule has 1 aliphatic rings. The van der Waals surface area contributed by atoms with Crippen molar-refractivity contribution in [1.82, 2.24) is 15.1 Å². The van der Waals surface area contributed by atoms with Crippen LogP contribution in [0.15, 0.2) is 67.0 Å². The predicted octanol–water partition coefficient (Wildman–Crippen LogP) is 3.85. The number of piperidine rings is 1. The number of amides is 1. The third-order valence-corrected chi connectivity index (χ3v) is 5.26. The van der Waals surface area contributed by atoms with Gasteiger partial charge in [0.15, 0.2) is 0 Å². The van der Waals surface area contributed by atoms with Crippen LogP contribution in [0.3, 0.4) is 0 Å². The molecule has 1 aromatic heterocycles. The molecule has 1 N–H and O–H groups in total. The first-order chi connectivity index (χ1) is 13.8. The number of nitrogens with zero attached hydrogens (tertiary/aromatic N) is 3. The van der Waals surface area contributed by atoms with Gasteiger partial charge in [-0.05, 0) is 54.7 Å². The number of nitrogens with one attached hydrogen (secondary N) is 1. The summed E-state index contributed by atoms with van der Waals surface area (Å²) < 4.78 is 1.82. The van der Waals surface area contributed by atoms with E-state index in [1.165, 1.54) is 24.9 Å². The topological polar surface area (TPSA) is 50.2 Å². The van der Waals surface area contributed by atoms with Gasteiger partial charge in [0.1, 0.15) is 0 Å². The van der Waals surface area contributed by atoms with Crippen LogP contribution in [0, 0.1) is 0 Å². The first kappa shape index (κ1) is 18.3. The van der Waals surface area contributed by atoms with Crippen LogP contribution >= 0.6 is 0 Å². The van der Waals surface area contributed by atoms with E-state index in [-0.39, 0.29) is 5.91 Å². The van der Waals surface area contributed by atoms with Crippen molar-refractivity contribution in [3.63, 3.8) is 0 Å². The zero-order valence-electron chi connectivity index (χ0n) is 16.1. The molecule has 1 amide bonds. The van der Waals surface area contributed by atoms with Crippen molar-refractivity contribution in [3.05, 3.63) is 83.7 Å². The Hall–Kier alpha value is -3.08. The number of aromatic nitrogens is 2. The quantitative estimate of drug-likeness (QED) is 0.713. The molecule has 144 valence electrons. The molecule has 5 nitrogen and oxygen atoms in total. The van der Waals surface area contributed by atoms with Crippen LogP contribution in [0.5, 0.6) is 0 Å². The SMILES string of the molecule is O=C(NCc1ccc(N2CCCCC2)cc1)c1ccccc1Cn1cccn1. The summed E-state index contributed by atoms with van der Waals surface area (Å²) in [5.41, 5.74) is 4.05. The number of carbonyl (C=O) groups excluding carboxylic acids is 1. The Bertz CT molecular complexity index is 897. The molecule has 0 unspecified atom stereocenters. The molecule has 2 aromatic carbocycles. The molecule has 4 rings (SSSR count). The second-order valence-electron chi connectivity index (χ2n) is 7.26. The Morgan fingerprint density at radius 1 is 0.964 bits per heavy atom. The highest BCUT2D eigenvalue weighted by Crippen LogP contribution is 2.20. The Balaban J connectivity index is 1.38. The second kappa shape index (κ2) is 8.74. The van der Waals surface area contributed by atoms with Gasteiger partial charge in [-0.2, -0.15) is 5.10 Å². The molecule has 0 spiro atoms. The van der Waals surface area contributed by atoms with E-state index in [4.69, 9.17) is 0 Å². The lowest BCUT2D eigenvalue weighted by Gasteiger charge is -2.28. The molecular formula is C23H26N4O. The molecule has 0 aliphatic carbocycles. The van der Waals surface area contributed by atoms with Gasteiger partial charge < -0.3 is 10.2 Å². The van der Waals surface area contributed by atoms with Gasteiger partial charge >= 0.3 is 0 Å². The van der Waals surface area contributed by atoms with Gasteiger partial charge in [0.2, 0.25) is 0 Å². The molecule has 1 saturated heterocycles. The third-order valence-electron chi connectivity index (χ3n) is 5.26. The summed E-state index contributed by atoms with van der Waals surface area (Å²) in [5.74, 6) is -0.0529. The van der Waals surface area contributed by atoms with Crippen LogP contribution in [-0.4, -0.2) is 28.8 Å². The van der Waals surface area contributed by atoms with Gasteiger partial charge in [-0.1, -0.05) is 30.3 Å². The number of hydrogen-bond donors (Lipinski definition) is 1.